The van der Waals surface area contributed by atoms with Gasteiger partial charge in [0.05, 0.1) is 27.8 Å². The van der Waals surface area contributed by atoms with Gasteiger partial charge in [-0.1, -0.05) is 0 Å². The van der Waals surface area contributed by atoms with E-state index in [1.54, 1.807) is 12.1 Å². The number of nitrogens with zero attached hydrogens (tertiary/aromatic N) is 1. The molecule has 0 aromatic heterocycles. The zero-order valence-electron chi connectivity index (χ0n) is 11.0. The standard InChI is InChI=1S/C12H18N2O4/c1-14(13)12(15)6-8-5-10(17-3)11(18-4)7-9(8)16-2/h5,7H,6,13H2,1-4H3. The summed E-state index contributed by atoms with van der Waals surface area (Å²) in [6, 6.07) is 3.39. The lowest BCUT2D eigenvalue weighted by Gasteiger charge is -2.15. The molecule has 0 bridgehead atoms. The first-order valence-corrected chi connectivity index (χ1v) is 5.33. The average Bonchev–Trinajstić information content (AvgIpc) is 2.37. The van der Waals surface area contributed by atoms with Gasteiger partial charge >= 0.3 is 0 Å². The predicted octanol–water partition coefficient (Wildman–Crippen LogP) is 0.587. The summed E-state index contributed by atoms with van der Waals surface area (Å²) in [5.41, 5.74) is 0.692. The number of amides is 1. The maximum Gasteiger partial charge on any atom is 0.240 e. The van der Waals surface area contributed by atoms with Gasteiger partial charge in [-0.3, -0.25) is 9.80 Å². The Morgan fingerprint density at radius 1 is 1.11 bits per heavy atom. The lowest BCUT2D eigenvalue weighted by Crippen LogP contribution is -2.34. The van der Waals surface area contributed by atoms with Crippen LogP contribution in [-0.4, -0.2) is 39.3 Å². The molecule has 1 amide bonds. The zero-order chi connectivity index (χ0) is 13.7. The molecule has 0 fully saturated rings. The van der Waals surface area contributed by atoms with Crippen molar-refractivity contribution < 1.29 is 19.0 Å². The summed E-state index contributed by atoms with van der Waals surface area (Å²) in [5.74, 6) is 6.82. The van der Waals surface area contributed by atoms with E-state index in [1.807, 2.05) is 0 Å². The van der Waals surface area contributed by atoms with Crippen LogP contribution >= 0.6 is 0 Å². The monoisotopic (exact) mass is 254 g/mol. The van der Waals surface area contributed by atoms with Crippen molar-refractivity contribution >= 4 is 5.91 Å². The number of hydrogen-bond donors (Lipinski definition) is 1. The number of likely N-dealkylation sites (N-methyl/N-ethyl adjacent to an activating group) is 1. The normalized spacial score (nSPS) is 9.83. The number of nitrogens with two attached hydrogens (primary N) is 1. The van der Waals surface area contributed by atoms with Crippen molar-refractivity contribution in [1.29, 1.82) is 0 Å². The summed E-state index contributed by atoms with van der Waals surface area (Å²) in [6.07, 6.45) is 0.135. The average molecular weight is 254 g/mol. The van der Waals surface area contributed by atoms with Gasteiger partial charge < -0.3 is 14.2 Å². The van der Waals surface area contributed by atoms with Crippen LogP contribution in [-0.2, 0) is 11.2 Å². The molecule has 0 saturated heterocycles. The topological polar surface area (TPSA) is 74.0 Å². The Balaban J connectivity index is 3.13. The van der Waals surface area contributed by atoms with E-state index in [9.17, 15) is 4.79 Å². The number of ether oxygens (including phenoxy) is 3. The highest BCUT2D eigenvalue weighted by Crippen LogP contribution is 2.34. The van der Waals surface area contributed by atoms with Crippen molar-refractivity contribution in [1.82, 2.24) is 5.01 Å². The van der Waals surface area contributed by atoms with Crippen molar-refractivity contribution in [3.63, 3.8) is 0 Å². The van der Waals surface area contributed by atoms with E-state index in [2.05, 4.69) is 0 Å². The lowest BCUT2D eigenvalue weighted by molar-refractivity contribution is -0.129. The largest absolute Gasteiger partial charge is 0.496 e. The second kappa shape index (κ2) is 6.11. The van der Waals surface area contributed by atoms with E-state index in [4.69, 9.17) is 20.1 Å². The first-order valence-electron chi connectivity index (χ1n) is 5.33. The molecule has 1 aromatic rings. The van der Waals surface area contributed by atoms with Crippen LogP contribution in [0.5, 0.6) is 17.2 Å². The molecule has 0 aliphatic carbocycles. The van der Waals surface area contributed by atoms with Crippen molar-refractivity contribution in [2.24, 2.45) is 5.84 Å². The smallest absolute Gasteiger partial charge is 0.240 e. The number of benzene rings is 1. The maximum absolute atomic E-state index is 11.6. The molecule has 18 heavy (non-hydrogen) atoms. The molecule has 1 rings (SSSR count). The summed E-state index contributed by atoms with van der Waals surface area (Å²) >= 11 is 0. The Kier molecular flexibility index (Phi) is 4.79. The molecule has 0 saturated carbocycles. The Morgan fingerprint density at radius 2 is 1.61 bits per heavy atom. The number of hydrazine groups is 1. The fraction of sp³-hybridized carbons (Fsp3) is 0.417. The highest BCUT2D eigenvalue weighted by molar-refractivity contribution is 5.79. The maximum atomic E-state index is 11.6. The Morgan fingerprint density at radius 3 is 2.06 bits per heavy atom. The minimum Gasteiger partial charge on any atom is -0.496 e. The zero-order valence-corrected chi connectivity index (χ0v) is 11.0. The second-order valence-corrected chi connectivity index (χ2v) is 3.70. The molecule has 0 spiro atoms. The predicted molar refractivity (Wildman–Crippen MR) is 66.8 cm³/mol. The van der Waals surface area contributed by atoms with Crippen LogP contribution in [0.3, 0.4) is 0 Å². The van der Waals surface area contributed by atoms with Gasteiger partial charge in [0.2, 0.25) is 5.91 Å². The number of hydrogen-bond acceptors (Lipinski definition) is 5. The van der Waals surface area contributed by atoms with Crippen molar-refractivity contribution in [2.75, 3.05) is 28.4 Å². The summed E-state index contributed by atoms with van der Waals surface area (Å²) in [6.45, 7) is 0. The van der Waals surface area contributed by atoms with Gasteiger partial charge in [-0.15, -0.1) is 0 Å². The molecule has 0 atom stereocenters. The number of methoxy groups -OCH3 is 3. The highest BCUT2D eigenvalue weighted by Gasteiger charge is 2.15. The van der Waals surface area contributed by atoms with Gasteiger partial charge in [0.1, 0.15) is 5.75 Å². The molecule has 1 aromatic carbocycles. The molecular formula is C12H18N2O4. The van der Waals surface area contributed by atoms with Crippen molar-refractivity contribution in [2.45, 2.75) is 6.42 Å². The SMILES string of the molecule is COc1cc(OC)c(OC)cc1CC(=O)N(C)N. The highest BCUT2D eigenvalue weighted by atomic mass is 16.5. The van der Waals surface area contributed by atoms with Gasteiger partial charge in [0.15, 0.2) is 11.5 Å². The van der Waals surface area contributed by atoms with Crippen LogP contribution in [0.1, 0.15) is 5.56 Å². The molecular weight excluding hydrogens is 236 g/mol. The fourth-order valence-electron chi connectivity index (χ4n) is 1.52. The van der Waals surface area contributed by atoms with E-state index in [1.165, 1.54) is 28.4 Å². The number of carbonyl (C=O) groups excluding carboxylic acids is 1. The number of carbonyl (C=O) groups is 1. The Labute approximate surface area is 106 Å². The van der Waals surface area contributed by atoms with E-state index >= 15 is 0 Å². The van der Waals surface area contributed by atoms with Crippen molar-refractivity contribution in [3.8, 4) is 17.2 Å². The number of rotatable bonds is 5. The van der Waals surface area contributed by atoms with Gasteiger partial charge in [0.25, 0.3) is 0 Å². The molecule has 0 heterocycles. The van der Waals surface area contributed by atoms with E-state index < -0.39 is 0 Å². The summed E-state index contributed by atoms with van der Waals surface area (Å²) in [7, 11) is 6.09. The summed E-state index contributed by atoms with van der Waals surface area (Å²) in [5, 5.41) is 1.04. The van der Waals surface area contributed by atoms with Crippen LogP contribution in [0, 0.1) is 0 Å². The molecule has 100 valence electrons. The van der Waals surface area contributed by atoms with E-state index in [-0.39, 0.29) is 12.3 Å². The Hall–Kier alpha value is -1.95. The van der Waals surface area contributed by atoms with Crippen LogP contribution in [0.25, 0.3) is 0 Å². The van der Waals surface area contributed by atoms with Gasteiger partial charge in [-0.25, -0.2) is 5.84 Å². The van der Waals surface area contributed by atoms with Crippen LogP contribution in [0.2, 0.25) is 0 Å². The van der Waals surface area contributed by atoms with Crippen LogP contribution in [0.15, 0.2) is 12.1 Å². The van der Waals surface area contributed by atoms with Gasteiger partial charge in [0, 0.05) is 18.7 Å². The Bertz CT molecular complexity index is 432. The van der Waals surface area contributed by atoms with Crippen molar-refractivity contribution in [3.05, 3.63) is 17.7 Å². The third-order valence-electron chi connectivity index (χ3n) is 2.52. The molecule has 0 aliphatic heterocycles. The minimum atomic E-state index is -0.222. The molecule has 0 aliphatic rings. The molecule has 2 N–H and O–H groups in total. The first-order chi connectivity index (χ1) is 8.53. The quantitative estimate of drug-likeness (QED) is 0.473. The van der Waals surface area contributed by atoms with Gasteiger partial charge in [-0.2, -0.15) is 0 Å². The summed E-state index contributed by atoms with van der Waals surface area (Å²) < 4.78 is 15.6. The first kappa shape index (κ1) is 14.1. The van der Waals surface area contributed by atoms with Gasteiger partial charge in [-0.05, 0) is 6.07 Å². The van der Waals surface area contributed by atoms with Crippen LogP contribution < -0.4 is 20.1 Å². The minimum absolute atomic E-state index is 0.135. The fourth-order valence-corrected chi connectivity index (χ4v) is 1.52. The molecule has 6 heteroatoms. The summed E-state index contributed by atoms with van der Waals surface area (Å²) in [4.78, 5) is 11.6. The van der Waals surface area contributed by atoms with E-state index in [0.717, 1.165) is 5.01 Å². The second-order valence-electron chi connectivity index (χ2n) is 3.70. The molecule has 0 unspecified atom stereocenters. The molecule has 6 nitrogen and oxygen atoms in total. The third kappa shape index (κ3) is 3.04. The third-order valence-corrected chi connectivity index (χ3v) is 2.52. The van der Waals surface area contributed by atoms with E-state index in [0.29, 0.717) is 22.8 Å². The molecule has 0 radical (unpaired) electrons. The van der Waals surface area contributed by atoms with Crippen LogP contribution in [0.4, 0.5) is 0 Å². The lowest BCUT2D eigenvalue weighted by atomic mass is 10.1.